The van der Waals surface area contributed by atoms with Crippen LogP contribution in [0.15, 0.2) is 0 Å². The second kappa shape index (κ2) is 6.42. The minimum Gasteiger partial charge on any atom is -0.358 e. The van der Waals surface area contributed by atoms with Gasteiger partial charge in [-0.25, -0.2) is 0 Å². The summed E-state index contributed by atoms with van der Waals surface area (Å²) >= 11 is 8.40. The molecule has 6 heteroatoms. The molecular formula is C8H15N3S3. The number of aromatic amines is 1. The lowest BCUT2D eigenvalue weighted by atomic mass is 10.3. The maximum Gasteiger partial charge on any atom is 0.204 e. The van der Waals surface area contributed by atoms with E-state index in [9.17, 15) is 0 Å². The molecule has 3 nitrogen and oxygen atoms in total. The molecule has 1 aromatic heterocycles. The Hall–Kier alpha value is -0.0700. The summed E-state index contributed by atoms with van der Waals surface area (Å²) in [7, 11) is 0. The highest BCUT2D eigenvalue weighted by molar-refractivity contribution is 7.99. The van der Waals surface area contributed by atoms with Gasteiger partial charge in [-0.05, 0) is 37.1 Å². The van der Waals surface area contributed by atoms with Crippen LogP contribution in [-0.4, -0.2) is 27.7 Å². The number of nitrogens with zero attached hydrogens (tertiary/aromatic N) is 1. The molecule has 1 rings (SSSR count). The van der Waals surface area contributed by atoms with Gasteiger partial charge in [-0.15, -0.1) is 5.10 Å². The van der Waals surface area contributed by atoms with Gasteiger partial charge >= 0.3 is 0 Å². The number of nitrogens with one attached hydrogen (secondary N) is 2. The summed E-state index contributed by atoms with van der Waals surface area (Å²) in [5.74, 6) is 2.38. The van der Waals surface area contributed by atoms with Crippen LogP contribution in [-0.2, 0) is 0 Å². The molecular weight excluding hydrogens is 234 g/mol. The van der Waals surface area contributed by atoms with Gasteiger partial charge in [0.1, 0.15) is 0 Å². The molecule has 0 spiro atoms. The lowest BCUT2D eigenvalue weighted by Gasteiger charge is -2.11. The van der Waals surface area contributed by atoms with Crippen LogP contribution in [0.1, 0.15) is 20.3 Å². The molecule has 1 aromatic rings. The fourth-order valence-electron chi connectivity index (χ4n) is 0.979. The molecule has 2 N–H and O–H groups in total. The lowest BCUT2D eigenvalue weighted by Crippen LogP contribution is -2.15. The van der Waals surface area contributed by atoms with E-state index in [1.165, 1.54) is 22.8 Å². The summed E-state index contributed by atoms with van der Waals surface area (Å²) in [5.41, 5.74) is 0. The number of rotatable bonds is 6. The van der Waals surface area contributed by atoms with Gasteiger partial charge in [-0.3, -0.25) is 5.10 Å². The van der Waals surface area contributed by atoms with Crippen molar-refractivity contribution >= 4 is 40.4 Å². The molecule has 0 aliphatic carbocycles. The van der Waals surface area contributed by atoms with Gasteiger partial charge in [-0.1, -0.05) is 18.3 Å². The maximum atomic E-state index is 4.95. The topological polar surface area (TPSA) is 40.7 Å². The summed E-state index contributed by atoms with van der Waals surface area (Å²) in [6.45, 7) is 4.35. The van der Waals surface area contributed by atoms with Crippen LogP contribution in [0.25, 0.3) is 0 Å². The predicted molar refractivity (Wildman–Crippen MR) is 68.0 cm³/mol. The molecule has 0 bridgehead atoms. The van der Waals surface area contributed by atoms with Gasteiger partial charge in [0.15, 0.2) is 3.95 Å². The maximum absolute atomic E-state index is 4.95. The van der Waals surface area contributed by atoms with E-state index in [4.69, 9.17) is 12.2 Å². The molecule has 0 aromatic carbocycles. The second-order valence-electron chi connectivity index (χ2n) is 2.95. The van der Waals surface area contributed by atoms with E-state index < -0.39 is 0 Å². The van der Waals surface area contributed by atoms with E-state index in [0.29, 0.717) is 6.04 Å². The van der Waals surface area contributed by atoms with Gasteiger partial charge in [0.2, 0.25) is 5.13 Å². The van der Waals surface area contributed by atoms with Crippen molar-refractivity contribution in [1.29, 1.82) is 0 Å². The molecule has 80 valence electrons. The largest absolute Gasteiger partial charge is 0.358 e. The van der Waals surface area contributed by atoms with Gasteiger partial charge in [0.25, 0.3) is 0 Å². The zero-order valence-corrected chi connectivity index (χ0v) is 10.8. The number of aromatic nitrogens is 2. The van der Waals surface area contributed by atoms with E-state index in [-0.39, 0.29) is 0 Å². The molecule has 0 fully saturated rings. The molecule has 0 aliphatic heterocycles. The summed E-state index contributed by atoms with van der Waals surface area (Å²) in [4.78, 5) is 0. The van der Waals surface area contributed by atoms with Crippen molar-refractivity contribution in [2.75, 3.05) is 16.8 Å². The predicted octanol–water partition coefficient (Wildman–Crippen LogP) is 3.14. The molecule has 0 aliphatic rings. The fraction of sp³-hybridized carbons (Fsp3) is 0.750. The van der Waals surface area contributed by atoms with Crippen LogP contribution in [0.4, 0.5) is 5.13 Å². The molecule has 14 heavy (non-hydrogen) atoms. The van der Waals surface area contributed by atoms with E-state index in [1.54, 1.807) is 0 Å². The quantitative estimate of drug-likeness (QED) is 0.600. The van der Waals surface area contributed by atoms with Crippen LogP contribution in [0.5, 0.6) is 0 Å². The zero-order chi connectivity index (χ0) is 10.4. The third-order valence-electron chi connectivity index (χ3n) is 1.71. The van der Waals surface area contributed by atoms with Gasteiger partial charge in [0.05, 0.1) is 0 Å². The zero-order valence-electron chi connectivity index (χ0n) is 8.37. The van der Waals surface area contributed by atoms with Crippen LogP contribution in [0.2, 0.25) is 0 Å². The molecule has 1 unspecified atom stereocenters. The Morgan fingerprint density at radius 3 is 3.07 bits per heavy atom. The summed E-state index contributed by atoms with van der Waals surface area (Å²) < 4.78 is 0.725. The van der Waals surface area contributed by atoms with Gasteiger partial charge in [-0.2, -0.15) is 11.8 Å². The molecule has 0 saturated carbocycles. The van der Waals surface area contributed by atoms with E-state index in [1.807, 2.05) is 11.8 Å². The van der Waals surface area contributed by atoms with E-state index in [2.05, 4.69) is 29.4 Å². The Balaban J connectivity index is 2.26. The number of H-pyrrole nitrogens is 1. The number of hydrogen-bond donors (Lipinski definition) is 2. The highest BCUT2D eigenvalue weighted by atomic mass is 32.2. The first-order valence-electron chi connectivity index (χ1n) is 4.62. The van der Waals surface area contributed by atoms with Gasteiger partial charge < -0.3 is 5.32 Å². The van der Waals surface area contributed by atoms with Crippen molar-refractivity contribution in [2.24, 2.45) is 0 Å². The van der Waals surface area contributed by atoms with Crippen molar-refractivity contribution in [3.05, 3.63) is 3.95 Å². The van der Waals surface area contributed by atoms with Crippen molar-refractivity contribution < 1.29 is 0 Å². The van der Waals surface area contributed by atoms with Crippen LogP contribution in [0.3, 0.4) is 0 Å². The lowest BCUT2D eigenvalue weighted by molar-refractivity contribution is 0.767. The fourth-order valence-corrected chi connectivity index (χ4v) is 2.69. The minimum absolute atomic E-state index is 0.461. The van der Waals surface area contributed by atoms with Crippen molar-refractivity contribution in [2.45, 2.75) is 26.3 Å². The highest BCUT2D eigenvalue weighted by Crippen LogP contribution is 2.14. The summed E-state index contributed by atoms with van der Waals surface area (Å²) in [6, 6.07) is 0.461. The minimum atomic E-state index is 0.461. The monoisotopic (exact) mass is 249 g/mol. The summed E-state index contributed by atoms with van der Waals surface area (Å²) in [5, 5.41) is 11.0. The number of anilines is 1. The SMILES string of the molecule is CCSCCC(C)Nc1n[nH]c(=S)s1. The first kappa shape index (κ1) is 12.0. The Morgan fingerprint density at radius 1 is 1.71 bits per heavy atom. The van der Waals surface area contributed by atoms with Crippen LogP contribution < -0.4 is 5.32 Å². The normalized spacial score (nSPS) is 12.7. The highest BCUT2D eigenvalue weighted by Gasteiger charge is 2.03. The van der Waals surface area contributed by atoms with E-state index >= 15 is 0 Å². The van der Waals surface area contributed by atoms with Crippen LogP contribution >= 0.6 is 35.3 Å². The molecule has 0 radical (unpaired) electrons. The Labute approximate surface area is 97.7 Å². The average molecular weight is 249 g/mol. The number of hydrogen-bond acceptors (Lipinski definition) is 5. The molecule has 0 amide bonds. The van der Waals surface area contributed by atoms with E-state index in [0.717, 1.165) is 15.5 Å². The third kappa shape index (κ3) is 4.43. The Morgan fingerprint density at radius 2 is 2.50 bits per heavy atom. The number of thioether (sulfide) groups is 1. The third-order valence-corrected chi connectivity index (χ3v) is 3.66. The first-order valence-corrected chi connectivity index (χ1v) is 7.00. The Kier molecular flexibility index (Phi) is 5.50. The Bertz CT molecular complexity index is 307. The standard InChI is InChI=1S/C8H15N3S3/c1-3-13-5-4-6(2)9-7-10-11-8(12)14-7/h6H,3-5H2,1-2H3,(H,9,10)(H,11,12). The van der Waals surface area contributed by atoms with Crippen LogP contribution in [0, 0.1) is 3.95 Å². The second-order valence-corrected chi connectivity index (χ2v) is 6.01. The summed E-state index contributed by atoms with van der Waals surface area (Å²) in [6.07, 6.45) is 1.16. The molecule has 0 saturated heterocycles. The molecule has 1 atom stereocenters. The van der Waals surface area contributed by atoms with Crippen molar-refractivity contribution in [1.82, 2.24) is 10.2 Å². The van der Waals surface area contributed by atoms with Crippen molar-refractivity contribution in [3.63, 3.8) is 0 Å². The van der Waals surface area contributed by atoms with Gasteiger partial charge in [0, 0.05) is 6.04 Å². The average Bonchev–Trinajstić information content (AvgIpc) is 2.52. The first-order chi connectivity index (χ1) is 6.72. The van der Waals surface area contributed by atoms with Crippen molar-refractivity contribution in [3.8, 4) is 0 Å². The smallest absolute Gasteiger partial charge is 0.204 e. The molecule has 1 heterocycles.